The first-order valence-corrected chi connectivity index (χ1v) is 11.0. The molecule has 0 saturated heterocycles. The summed E-state index contributed by atoms with van der Waals surface area (Å²) in [6.07, 6.45) is 0.540. The first-order chi connectivity index (χ1) is 17.0. The van der Waals surface area contributed by atoms with Crippen LogP contribution in [0, 0.1) is 0 Å². The molecule has 4 aromatic rings. The van der Waals surface area contributed by atoms with Gasteiger partial charge in [0.1, 0.15) is 11.5 Å². The lowest BCUT2D eigenvalue weighted by molar-refractivity contribution is -0.137. The van der Waals surface area contributed by atoms with Crippen LogP contribution < -0.4 is 20.1 Å². The molecule has 0 aliphatic heterocycles. The second-order valence-electron chi connectivity index (χ2n) is 7.75. The highest BCUT2D eigenvalue weighted by molar-refractivity contribution is 5.93. The minimum atomic E-state index is -0.863. The first kappa shape index (κ1) is 23.6. The van der Waals surface area contributed by atoms with Crippen LogP contribution >= 0.6 is 0 Å². The van der Waals surface area contributed by atoms with Gasteiger partial charge in [0.15, 0.2) is 11.1 Å². The molecule has 3 N–H and O–H groups in total. The molecule has 1 heterocycles. The normalized spacial score (nSPS) is 10.7. The summed E-state index contributed by atoms with van der Waals surface area (Å²) >= 11 is 0. The Bertz CT molecular complexity index is 1320. The number of carboxylic acid groups (broad SMARTS) is 1. The molecule has 9 nitrogen and oxygen atoms in total. The number of carboxylic acids is 1. The number of benzene rings is 3. The highest BCUT2D eigenvalue weighted by Crippen LogP contribution is 2.31. The fourth-order valence-corrected chi connectivity index (χ4v) is 3.48. The van der Waals surface area contributed by atoms with Crippen LogP contribution in [-0.2, 0) is 16.0 Å². The second kappa shape index (κ2) is 11.1. The van der Waals surface area contributed by atoms with Gasteiger partial charge in [0.05, 0.1) is 20.1 Å². The van der Waals surface area contributed by atoms with Crippen molar-refractivity contribution in [2.75, 3.05) is 24.4 Å². The molecule has 0 bridgehead atoms. The first-order valence-electron chi connectivity index (χ1n) is 11.0. The van der Waals surface area contributed by atoms with Crippen molar-refractivity contribution in [1.82, 2.24) is 4.98 Å². The number of oxazole rings is 1. The number of carbonyl (C=O) groups is 2. The lowest BCUT2D eigenvalue weighted by Crippen LogP contribution is -2.14. The van der Waals surface area contributed by atoms with E-state index in [4.69, 9.17) is 19.0 Å². The molecule has 35 heavy (non-hydrogen) atoms. The number of nitrogens with one attached hydrogen (secondary N) is 2. The summed E-state index contributed by atoms with van der Waals surface area (Å²) in [5.41, 5.74) is 3.18. The quantitative estimate of drug-likeness (QED) is 0.259. The van der Waals surface area contributed by atoms with Crippen LogP contribution in [0.5, 0.6) is 11.5 Å². The number of aliphatic carboxylic acids is 1. The van der Waals surface area contributed by atoms with Crippen LogP contribution in [-0.4, -0.2) is 35.7 Å². The monoisotopic (exact) mass is 475 g/mol. The number of aromatic nitrogens is 1. The largest absolute Gasteiger partial charge is 0.494 e. The van der Waals surface area contributed by atoms with Gasteiger partial charge in [-0.15, -0.1) is 0 Å². The SMILES string of the molecule is COc1cc(CC(=O)Nc2cccc(OCCCC(=O)O)c2)cc2oc(Nc3ccccc3)nc12. The fraction of sp³-hybridized carbons (Fsp3) is 0.192. The van der Waals surface area contributed by atoms with E-state index in [1.54, 1.807) is 43.5 Å². The molecule has 3 aromatic carbocycles. The number of rotatable bonds is 11. The Balaban J connectivity index is 1.42. The number of para-hydroxylation sites is 1. The summed E-state index contributed by atoms with van der Waals surface area (Å²) in [4.78, 5) is 27.8. The zero-order chi connectivity index (χ0) is 24.6. The number of ether oxygens (including phenoxy) is 2. The fourth-order valence-electron chi connectivity index (χ4n) is 3.48. The summed E-state index contributed by atoms with van der Waals surface area (Å²) in [5.74, 6) is -0.0293. The minimum Gasteiger partial charge on any atom is -0.494 e. The predicted molar refractivity (Wildman–Crippen MR) is 131 cm³/mol. The standard InChI is InChI=1S/C26H25N3O6/c1-33-21-13-17(14-22-25(21)29-26(35-22)28-18-7-3-2-4-8-18)15-23(30)27-19-9-5-10-20(16-19)34-12-6-11-24(31)32/h2-5,7-10,13-14,16H,6,11-12,15H2,1H3,(H,27,30)(H,28,29)(H,31,32). The van der Waals surface area contributed by atoms with Crippen molar-refractivity contribution in [2.45, 2.75) is 19.3 Å². The number of fused-ring (bicyclic) bond motifs is 1. The van der Waals surface area contributed by atoms with Crippen molar-refractivity contribution in [3.8, 4) is 11.5 Å². The van der Waals surface area contributed by atoms with Gasteiger partial charge < -0.3 is 29.6 Å². The molecule has 0 spiro atoms. The molecule has 4 rings (SSSR count). The summed E-state index contributed by atoms with van der Waals surface area (Å²) < 4.78 is 16.9. The van der Waals surface area contributed by atoms with Gasteiger partial charge in [0, 0.05) is 23.9 Å². The summed E-state index contributed by atoms with van der Waals surface area (Å²) in [7, 11) is 1.54. The van der Waals surface area contributed by atoms with E-state index in [9.17, 15) is 9.59 Å². The molecule has 1 aromatic heterocycles. The second-order valence-corrected chi connectivity index (χ2v) is 7.75. The topological polar surface area (TPSA) is 123 Å². The van der Waals surface area contributed by atoms with Crippen molar-refractivity contribution < 1.29 is 28.6 Å². The van der Waals surface area contributed by atoms with E-state index in [-0.39, 0.29) is 25.4 Å². The number of hydrogen-bond donors (Lipinski definition) is 3. The molecule has 0 radical (unpaired) electrons. The Morgan fingerprint density at radius 3 is 2.60 bits per heavy atom. The van der Waals surface area contributed by atoms with E-state index < -0.39 is 5.97 Å². The van der Waals surface area contributed by atoms with Crippen LogP contribution in [0.25, 0.3) is 11.1 Å². The van der Waals surface area contributed by atoms with Crippen molar-refractivity contribution in [3.63, 3.8) is 0 Å². The Labute approximate surface area is 201 Å². The van der Waals surface area contributed by atoms with Crippen LogP contribution in [0.3, 0.4) is 0 Å². The van der Waals surface area contributed by atoms with E-state index in [1.807, 2.05) is 30.3 Å². The third-order valence-electron chi connectivity index (χ3n) is 5.05. The van der Waals surface area contributed by atoms with Crippen molar-refractivity contribution in [1.29, 1.82) is 0 Å². The van der Waals surface area contributed by atoms with E-state index in [2.05, 4.69) is 15.6 Å². The maximum absolute atomic E-state index is 12.7. The Morgan fingerprint density at radius 2 is 1.83 bits per heavy atom. The average Bonchev–Trinajstić information content (AvgIpc) is 3.24. The van der Waals surface area contributed by atoms with E-state index in [0.29, 0.717) is 46.3 Å². The number of anilines is 3. The van der Waals surface area contributed by atoms with Gasteiger partial charge in [-0.05, 0) is 48.4 Å². The smallest absolute Gasteiger partial charge is 0.303 e. The van der Waals surface area contributed by atoms with Gasteiger partial charge in [-0.25, -0.2) is 0 Å². The molecule has 1 amide bonds. The molecule has 0 fully saturated rings. The van der Waals surface area contributed by atoms with Gasteiger partial charge in [-0.1, -0.05) is 24.3 Å². The zero-order valence-electron chi connectivity index (χ0n) is 19.1. The number of methoxy groups -OCH3 is 1. The Hall–Kier alpha value is -4.53. The number of nitrogens with zero attached hydrogens (tertiary/aromatic N) is 1. The molecule has 0 atom stereocenters. The van der Waals surface area contributed by atoms with Crippen LogP contribution in [0.2, 0.25) is 0 Å². The lowest BCUT2D eigenvalue weighted by Gasteiger charge is -2.09. The van der Waals surface area contributed by atoms with E-state index in [0.717, 1.165) is 5.69 Å². The third-order valence-corrected chi connectivity index (χ3v) is 5.05. The van der Waals surface area contributed by atoms with Crippen LogP contribution in [0.1, 0.15) is 18.4 Å². The molecule has 0 saturated carbocycles. The molecule has 0 aliphatic rings. The molecule has 0 aliphatic carbocycles. The molecular weight excluding hydrogens is 450 g/mol. The van der Waals surface area contributed by atoms with Gasteiger partial charge in [0.25, 0.3) is 6.01 Å². The lowest BCUT2D eigenvalue weighted by atomic mass is 10.1. The molecule has 180 valence electrons. The van der Waals surface area contributed by atoms with Gasteiger partial charge in [-0.2, -0.15) is 4.98 Å². The van der Waals surface area contributed by atoms with E-state index in [1.165, 1.54) is 0 Å². The maximum atomic E-state index is 12.7. The van der Waals surface area contributed by atoms with Crippen molar-refractivity contribution in [3.05, 3.63) is 72.3 Å². The number of hydrogen-bond acceptors (Lipinski definition) is 7. The summed E-state index contributed by atoms with van der Waals surface area (Å²) in [5, 5.41) is 14.7. The highest BCUT2D eigenvalue weighted by atomic mass is 16.5. The predicted octanol–water partition coefficient (Wildman–Crippen LogP) is 5.00. The molecule has 0 unspecified atom stereocenters. The van der Waals surface area contributed by atoms with Gasteiger partial charge in [0.2, 0.25) is 5.91 Å². The van der Waals surface area contributed by atoms with Crippen molar-refractivity contribution in [2.24, 2.45) is 0 Å². The maximum Gasteiger partial charge on any atom is 0.303 e. The number of amides is 1. The van der Waals surface area contributed by atoms with Crippen LogP contribution in [0.4, 0.5) is 17.4 Å². The minimum absolute atomic E-state index is 0.0409. The van der Waals surface area contributed by atoms with Gasteiger partial charge >= 0.3 is 5.97 Å². The summed E-state index contributed by atoms with van der Waals surface area (Å²) in [6, 6.07) is 20.3. The zero-order valence-corrected chi connectivity index (χ0v) is 19.1. The van der Waals surface area contributed by atoms with Gasteiger partial charge in [-0.3, -0.25) is 9.59 Å². The third kappa shape index (κ3) is 6.50. The average molecular weight is 476 g/mol. The van der Waals surface area contributed by atoms with E-state index >= 15 is 0 Å². The Morgan fingerprint density at radius 1 is 1.03 bits per heavy atom. The number of carbonyl (C=O) groups excluding carboxylic acids is 1. The molecule has 9 heteroatoms. The summed E-state index contributed by atoms with van der Waals surface area (Å²) in [6.45, 7) is 0.280. The Kier molecular flexibility index (Phi) is 7.47. The van der Waals surface area contributed by atoms with Crippen molar-refractivity contribution >= 4 is 40.4 Å². The highest BCUT2D eigenvalue weighted by Gasteiger charge is 2.15. The molecular formula is C26H25N3O6. The van der Waals surface area contributed by atoms with Crippen LogP contribution in [0.15, 0.2) is 71.1 Å².